The Labute approximate surface area is 195 Å². The number of carbonyl (C=O) groups is 2. The van der Waals surface area contributed by atoms with Gasteiger partial charge < -0.3 is 14.9 Å². The summed E-state index contributed by atoms with van der Waals surface area (Å²) in [7, 11) is 3.85. The van der Waals surface area contributed by atoms with Crippen LogP contribution in [-0.2, 0) is 15.0 Å². The first-order valence-electron chi connectivity index (χ1n) is 11.2. The monoisotopic (exact) mass is 452 g/mol. The lowest BCUT2D eigenvalue weighted by Crippen LogP contribution is -2.32. The van der Waals surface area contributed by atoms with Gasteiger partial charge in [0.05, 0.1) is 11.6 Å². The minimum Gasteiger partial charge on any atom is -0.507 e. The molecule has 1 aliphatic heterocycles. The molecule has 1 amide bonds. The maximum Gasteiger partial charge on any atom is 0.295 e. The molecule has 1 aliphatic rings. The van der Waals surface area contributed by atoms with Gasteiger partial charge in [-0.1, -0.05) is 51.1 Å². The number of nitrogens with zero attached hydrogens (tertiary/aromatic N) is 2. The average Bonchev–Trinajstić information content (AvgIpc) is 2.98. The summed E-state index contributed by atoms with van der Waals surface area (Å²) < 4.78 is 14.9. The quantitative estimate of drug-likeness (QED) is 0.388. The molecule has 0 spiro atoms. The summed E-state index contributed by atoms with van der Waals surface area (Å²) >= 11 is 0. The van der Waals surface area contributed by atoms with Crippen LogP contribution in [0.5, 0.6) is 0 Å². The highest BCUT2D eigenvalue weighted by atomic mass is 19.1. The van der Waals surface area contributed by atoms with E-state index >= 15 is 0 Å². The summed E-state index contributed by atoms with van der Waals surface area (Å²) in [6.45, 7) is 9.01. The fourth-order valence-electron chi connectivity index (χ4n) is 4.18. The van der Waals surface area contributed by atoms with Crippen molar-refractivity contribution >= 4 is 17.4 Å². The van der Waals surface area contributed by atoms with Crippen molar-refractivity contribution < 1.29 is 19.1 Å². The third-order valence-electron chi connectivity index (χ3n) is 6.10. The van der Waals surface area contributed by atoms with Crippen LogP contribution in [0.4, 0.5) is 4.39 Å². The number of aliphatic hydroxyl groups excluding tert-OH is 1. The normalized spacial score (nSPS) is 18.4. The summed E-state index contributed by atoms with van der Waals surface area (Å²) in [6, 6.07) is 10.9. The Hall–Kier alpha value is -2.99. The van der Waals surface area contributed by atoms with Crippen molar-refractivity contribution in [1.29, 1.82) is 0 Å². The van der Waals surface area contributed by atoms with Crippen molar-refractivity contribution in [2.75, 3.05) is 27.2 Å². The summed E-state index contributed by atoms with van der Waals surface area (Å²) in [6.07, 6.45) is 0.615. The van der Waals surface area contributed by atoms with E-state index in [-0.39, 0.29) is 28.9 Å². The van der Waals surface area contributed by atoms with Gasteiger partial charge in [-0.05, 0) is 62.7 Å². The second-order valence-electron chi connectivity index (χ2n) is 9.95. The molecular weight excluding hydrogens is 419 g/mol. The molecule has 2 aromatic rings. The van der Waals surface area contributed by atoms with Gasteiger partial charge in [-0.25, -0.2) is 4.39 Å². The molecule has 1 saturated heterocycles. The molecular formula is C27H33FN2O3. The minimum atomic E-state index is -0.981. The Kier molecular flexibility index (Phi) is 7.08. The van der Waals surface area contributed by atoms with E-state index in [0.717, 1.165) is 11.1 Å². The van der Waals surface area contributed by atoms with Crippen LogP contribution < -0.4 is 0 Å². The largest absolute Gasteiger partial charge is 0.507 e. The topological polar surface area (TPSA) is 60.9 Å². The Morgan fingerprint density at radius 1 is 1.12 bits per heavy atom. The SMILES string of the molecule is Cc1ccc(C(C)(C)C)cc1/C(O)=C1\C(=O)C(=O)N(CCCN(C)C)C1c1ccccc1F. The van der Waals surface area contributed by atoms with Crippen LogP contribution in [0, 0.1) is 12.7 Å². The van der Waals surface area contributed by atoms with E-state index in [0.29, 0.717) is 18.5 Å². The molecule has 3 rings (SSSR count). The Morgan fingerprint density at radius 3 is 2.39 bits per heavy atom. The molecule has 1 unspecified atom stereocenters. The van der Waals surface area contributed by atoms with Gasteiger partial charge in [-0.3, -0.25) is 9.59 Å². The van der Waals surface area contributed by atoms with E-state index in [1.165, 1.54) is 11.0 Å². The first kappa shape index (κ1) is 24.6. The zero-order valence-electron chi connectivity index (χ0n) is 20.3. The van der Waals surface area contributed by atoms with Crippen LogP contribution in [0.1, 0.15) is 55.5 Å². The molecule has 0 aromatic heterocycles. The molecule has 1 atom stereocenters. The van der Waals surface area contributed by atoms with Crippen LogP contribution in [0.2, 0.25) is 0 Å². The van der Waals surface area contributed by atoms with Crippen molar-refractivity contribution in [2.24, 2.45) is 0 Å². The van der Waals surface area contributed by atoms with Crippen LogP contribution in [0.3, 0.4) is 0 Å². The predicted molar refractivity (Wildman–Crippen MR) is 128 cm³/mol. The van der Waals surface area contributed by atoms with Crippen molar-refractivity contribution in [3.05, 3.63) is 76.1 Å². The van der Waals surface area contributed by atoms with Gasteiger partial charge in [0.25, 0.3) is 11.7 Å². The number of likely N-dealkylation sites (tertiary alicyclic amines) is 1. The van der Waals surface area contributed by atoms with Gasteiger partial charge in [0.2, 0.25) is 0 Å². The van der Waals surface area contributed by atoms with E-state index in [2.05, 4.69) is 20.8 Å². The predicted octanol–water partition coefficient (Wildman–Crippen LogP) is 4.81. The molecule has 0 saturated carbocycles. The number of aryl methyl sites for hydroxylation is 1. The second kappa shape index (κ2) is 9.48. The van der Waals surface area contributed by atoms with Crippen molar-refractivity contribution in [1.82, 2.24) is 9.80 Å². The number of hydrogen-bond donors (Lipinski definition) is 1. The highest BCUT2D eigenvalue weighted by Gasteiger charge is 2.46. The minimum absolute atomic E-state index is 0.0656. The van der Waals surface area contributed by atoms with Gasteiger partial charge in [-0.15, -0.1) is 0 Å². The van der Waals surface area contributed by atoms with Crippen LogP contribution in [-0.4, -0.2) is 53.8 Å². The number of ketones is 1. The van der Waals surface area contributed by atoms with Crippen LogP contribution in [0.15, 0.2) is 48.0 Å². The summed E-state index contributed by atoms with van der Waals surface area (Å²) in [5, 5.41) is 11.4. The van der Waals surface area contributed by atoms with Gasteiger partial charge in [0, 0.05) is 17.7 Å². The molecule has 1 N–H and O–H groups in total. The van der Waals surface area contributed by atoms with E-state index in [9.17, 15) is 19.1 Å². The molecule has 1 heterocycles. The fourth-order valence-corrected chi connectivity index (χ4v) is 4.18. The van der Waals surface area contributed by atoms with Crippen LogP contribution >= 0.6 is 0 Å². The molecule has 0 radical (unpaired) electrons. The summed E-state index contributed by atoms with van der Waals surface area (Å²) in [5.74, 6) is -2.28. The zero-order valence-corrected chi connectivity index (χ0v) is 20.3. The van der Waals surface area contributed by atoms with Gasteiger partial charge in [-0.2, -0.15) is 0 Å². The Bertz CT molecular complexity index is 1100. The molecule has 1 fully saturated rings. The van der Waals surface area contributed by atoms with Crippen molar-refractivity contribution in [3.63, 3.8) is 0 Å². The molecule has 0 bridgehead atoms. The highest BCUT2D eigenvalue weighted by molar-refractivity contribution is 6.46. The smallest absolute Gasteiger partial charge is 0.295 e. The zero-order chi connectivity index (χ0) is 24.5. The first-order chi connectivity index (χ1) is 15.4. The number of hydrogen-bond acceptors (Lipinski definition) is 4. The molecule has 6 heteroatoms. The molecule has 5 nitrogen and oxygen atoms in total. The standard InChI is InChI=1S/C27H33FN2O3/c1-17-12-13-18(27(2,3)4)16-20(17)24(31)22-23(19-10-7-8-11-21(19)28)30(26(33)25(22)32)15-9-14-29(5)6/h7-8,10-13,16,23,31H,9,14-15H2,1-6H3/b24-22+. The molecule has 2 aromatic carbocycles. The number of amides is 1. The number of halogens is 1. The third-order valence-corrected chi connectivity index (χ3v) is 6.10. The fraction of sp³-hybridized carbons (Fsp3) is 0.407. The Balaban J connectivity index is 2.19. The van der Waals surface area contributed by atoms with E-state index in [1.807, 2.05) is 44.1 Å². The number of rotatable bonds is 6. The lowest BCUT2D eigenvalue weighted by atomic mass is 9.84. The molecule has 176 valence electrons. The number of carbonyl (C=O) groups excluding carboxylic acids is 2. The molecule has 0 aliphatic carbocycles. The van der Waals surface area contributed by atoms with E-state index < -0.39 is 23.5 Å². The average molecular weight is 453 g/mol. The van der Waals surface area contributed by atoms with E-state index in [1.54, 1.807) is 18.2 Å². The summed E-state index contributed by atoms with van der Waals surface area (Å²) in [5.41, 5.74) is 2.20. The Morgan fingerprint density at radius 2 is 1.79 bits per heavy atom. The van der Waals surface area contributed by atoms with E-state index in [4.69, 9.17) is 0 Å². The maximum absolute atomic E-state index is 14.9. The highest BCUT2D eigenvalue weighted by Crippen LogP contribution is 2.41. The second-order valence-corrected chi connectivity index (χ2v) is 9.95. The van der Waals surface area contributed by atoms with Crippen LogP contribution in [0.25, 0.3) is 5.76 Å². The van der Waals surface area contributed by atoms with Crippen molar-refractivity contribution in [3.8, 4) is 0 Å². The number of Topliss-reactive ketones (excluding diaryl/α,β-unsaturated/α-hetero) is 1. The third kappa shape index (κ3) is 5.01. The lowest BCUT2D eigenvalue weighted by Gasteiger charge is -2.26. The maximum atomic E-state index is 14.9. The number of benzene rings is 2. The lowest BCUT2D eigenvalue weighted by molar-refractivity contribution is -0.140. The molecule has 33 heavy (non-hydrogen) atoms. The number of aliphatic hydroxyl groups is 1. The van der Waals surface area contributed by atoms with Gasteiger partial charge in [0.1, 0.15) is 11.6 Å². The van der Waals surface area contributed by atoms with Gasteiger partial charge >= 0.3 is 0 Å². The van der Waals surface area contributed by atoms with Crippen molar-refractivity contribution in [2.45, 2.75) is 45.6 Å². The summed E-state index contributed by atoms with van der Waals surface area (Å²) in [4.78, 5) is 29.6. The first-order valence-corrected chi connectivity index (χ1v) is 11.2. The van der Waals surface area contributed by atoms with Gasteiger partial charge in [0.15, 0.2) is 0 Å².